The standard InChI is InChI=1S/C20H19ClN4O2/c1-12-6-13(2)8-15(7-12)24-19-11-22-17(10-23-19)20(26)25-14-4-5-18(27-3)16(21)9-14/h4-11H,1-3H3,(H,23,24)(H,25,26). The van der Waals surface area contributed by atoms with Gasteiger partial charge in [-0.1, -0.05) is 17.7 Å². The van der Waals surface area contributed by atoms with Crippen LogP contribution in [0, 0.1) is 13.8 Å². The van der Waals surface area contributed by atoms with Gasteiger partial charge in [0.05, 0.1) is 24.5 Å². The summed E-state index contributed by atoms with van der Waals surface area (Å²) >= 11 is 6.07. The van der Waals surface area contributed by atoms with Crippen molar-refractivity contribution in [1.82, 2.24) is 9.97 Å². The molecule has 1 aromatic heterocycles. The van der Waals surface area contributed by atoms with Crippen LogP contribution < -0.4 is 15.4 Å². The summed E-state index contributed by atoms with van der Waals surface area (Å²) in [4.78, 5) is 20.8. The van der Waals surface area contributed by atoms with Crippen LogP contribution in [0.4, 0.5) is 17.2 Å². The van der Waals surface area contributed by atoms with E-state index in [1.165, 1.54) is 19.5 Å². The van der Waals surface area contributed by atoms with Gasteiger partial charge in [0, 0.05) is 11.4 Å². The van der Waals surface area contributed by atoms with Crippen molar-refractivity contribution in [3.63, 3.8) is 0 Å². The number of hydrogen-bond acceptors (Lipinski definition) is 5. The van der Waals surface area contributed by atoms with Gasteiger partial charge in [-0.05, 0) is 55.3 Å². The SMILES string of the molecule is COc1ccc(NC(=O)c2cnc(Nc3cc(C)cc(C)c3)cn2)cc1Cl. The quantitative estimate of drug-likeness (QED) is 0.665. The highest BCUT2D eigenvalue weighted by Gasteiger charge is 2.10. The van der Waals surface area contributed by atoms with Gasteiger partial charge in [0.2, 0.25) is 0 Å². The Labute approximate surface area is 162 Å². The smallest absolute Gasteiger partial charge is 0.275 e. The number of rotatable bonds is 5. The average Bonchev–Trinajstić information content (AvgIpc) is 2.61. The van der Waals surface area contributed by atoms with Gasteiger partial charge in [0.25, 0.3) is 5.91 Å². The Morgan fingerprint density at radius 3 is 2.33 bits per heavy atom. The number of aryl methyl sites for hydroxylation is 2. The van der Waals surface area contributed by atoms with E-state index < -0.39 is 0 Å². The van der Waals surface area contributed by atoms with Crippen LogP contribution in [0.15, 0.2) is 48.8 Å². The number of aromatic nitrogens is 2. The van der Waals surface area contributed by atoms with E-state index in [1.54, 1.807) is 18.2 Å². The zero-order valence-electron chi connectivity index (χ0n) is 15.2. The third kappa shape index (κ3) is 4.74. The predicted molar refractivity (Wildman–Crippen MR) is 107 cm³/mol. The third-order valence-corrected chi connectivity index (χ3v) is 4.08. The molecular weight excluding hydrogens is 364 g/mol. The van der Waals surface area contributed by atoms with Crippen molar-refractivity contribution < 1.29 is 9.53 Å². The molecule has 0 aliphatic carbocycles. The molecule has 0 fully saturated rings. The lowest BCUT2D eigenvalue weighted by atomic mass is 10.1. The zero-order valence-corrected chi connectivity index (χ0v) is 16.0. The molecule has 2 aromatic carbocycles. The van der Waals surface area contributed by atoms with Crippen molar-refractivity contribution in [2.24, 2.45) is 0 Å². The molecule has 1 heterocycles. The van der Waals surface area contributed by atoms with Crippen LogP contribution in [-0.4, -0.2) is 23.0 Å². The molecule has 0 aliphatic heterocycles. The Hall–Kier alpha value is -3.12. The molecule has 138 valence electrons. The van der Waals surface area contributed by atoms with Gasteiger partial charge in [0.1, 0.15) is 17.3 Å². The summed E-state index contributed by atoms with van der Waals surface area (Å²) in [5.41, 5.74) is 3.98. The fourth-order valence-electron chi connectivity index (χ4n) is 2.64. The molecule has 0 radical (unpaired) electrons. The summed E-state index contributed by atoms with van der Waals surface area (Å²) in [7, 11) is 1.53. The van der Waals surface area contributed by atoms with E-state index in [2.05, 4.69) is 26.7 Å². The minimum atomic E-state index is -0.373. The number of nitrogens with zero attached hydrogens (tertiary/aromatic N) is 2. The lowest BCUT2D eigenvalue weighted by Crippen LogP contribution is -2.14. The first-order valence-electron chi connectivity index (χ1n) is 8.27. The number of halogens is 1. The maximum atomic E-state index is 12.3. The van der Waals surface area contributed by atoms with Crippen molar-refractivity contribution in [3.05, 3.63) is 70.6 Å². The first-order valence-corrected chi connectivity index (χ1v) is 8.64. The molecular formula is C20H19ClN4O2. The van der Waals surface area contributed by atoms with Gasteiger partial charge < -0.3 is 15.4 Å². The highest BCUT2D eigenvalue weighted by molar-refractivity contribution is 6.32. The third-order valence-electron chi connectivity index (χ3n) is 3.79. The van der Waals surface area contributed by atoms with Crippen LogP contribution >= 0.6 is 11.6 Å². The van der Waals surface area contributed by atoms with Crippen molar-refractivity contribution in [1.29, 1.82) is 0 Å². The van der Waals surface area contributed by atoms with Gasteiger partial charge in [0.15, 0.2) is 0 Å². The fraction of sp³-hybridized carbons (Fsp3) is 0.150. The molecule has 3 aromatic rings. The highest BCUT2D eigenvalue weighted by Crippen LogP contribution is 2.27. The van der Waals surface area contributed by atoms with Crippen LogP contribution in [0.5, 0.6) is 5.75 Å². The minimum absolute atomic E-state index is 0.202. The summed E-state index contributed by atoms with van der Waals surface area (Å²) in [6, 6.07) is 11.1. The van der Waals surface area contributed by atoms with Crippen LogP contribution in [0.1, 0.15) is 21.6 Å². The van der Waals surface area contributed by atoms with E-state index in [4.69, 9.17) is 16.3 Å². The number of amides is 1. The number of carbonyl (C=O) groups is 1. The van der Waals surface area contributed by atoms with E-state index in [1.807, 2.05) is 26.0 Å². The van der Waals surface area contributed by atoms with Crippen LogP contribution in [0.2, 0.25) is 5.02 Å². The fourth-order valence-corrected chi connectivity index (χ4v) is 2.90. The Balaban J connectivity index is 1.69. The zero-order chi connectivity index (χ0) is 19.4. The molecule has 0 atom stereocenters. The van der Waals surface area contributed by atoms with Gasteiger partial charge in [-0.2, -0.15) is 0 Å². The molecule has 0 saturated heterocycles. The molecule has 27 heavy (non-hydrogen) atoms. The van der Waals surface area contributed by atoms with Crippen LogP contribution in [0.25, 0.3) is 0 Å². The molecule has 6 nitrogen and oxygen atoms in total. The van der Waals surface area contributed by atoms with E-state index in [0.29, 0.717) is 22.3 Å². The second-order valence-corrected chi connectivity index (χ2v) is 6.50. The van der Waals surface area contributed by atoms with Crippen molar-refractivity contribution >= 4 is 34.7 Å². The molecule has 2 N–H and O–H groups in total. The normalized spacial score (nSPS) is 10.4. The summed E-state index contributed by atoms with van der Waals surface area (Å²) in [5.74, 6) is 0.724. The summed E-state index contributed by atoms with van der Waals surface area (Å²) in [5, 5.41) is 6.33. The number of ether oxygens (including phenoxy) is 1. The number of anilines is 3. The number of hydrogen-bond donors (Lipinski definition) is 2. The summed E-state index contributed by atoms with van der Waals surface area (Å²) in [6.45, 7) is 4.06. The largest absolute Gasteiger partial charge is 0.495 e. The second kappa shape index (κ2) is 8.05. The van der Waals surface area contributed by atoms with E-state index in [9.17, 15) is 4.79 Å². The first kappa shape index (κ1) is 18.7. The molecule has 1 amide bonds. The summed E-state index contributed by atoms with van der Waals surface area (Å²) < 4.78 is 5.09. The van der Waals surface area contributed by atoms with Crippen LogP contribution in [-0.2, 0) is 0 Å². The van der Waals surface area contributed by atoms with Gasteiger partial charge in [-0.25, -0.2) is 9.97 Å². The molecule has 3 rings (SSSR count). The topological polar surface area (TPSA) is 76.1 Å². The number of nitrogens with one attached hydrogen (secondary N) is 2. The minimum Gasteiger partial charge on any atom is -0.495 e. The van der Waals surface area contributed by atoms with Gasteiger partial charge in [-0.3, -0.25) is 4.79 Å². The molecule has 0 bridgehead atoms. The lowest BCUT2D eigenvalue weighted by Gasteiger charge is -2.09. The Bertz CT molecular complexity index is 954. The molecule has 0 spiro atoms. The predicted octanol–water partition coefficient (Wildman–Crippen LogP) is 4.75. The van der Waals surface area contributed by atoms with E-state index >= 15 is 0 Å². The molecule has 0 unspecified atom stereocenters. The van der Waals surface area contributed by atoms with Gasteiger partial charge >= 0.3 is 0 Å². The van der Waals surface area contributed by atoms with E-state index in [-0.39, 0.29) is 11.6 Å². The maximum absolute atomic E-state index is 12.3. The lowest BCUT2D eigenvalue weighted by molar-refractivity contribution is 0.102. The van der Waals surface area contributed by atoms with Crippen molar-refractivity contribution in [2.75, 3.05) is 17.7 Å². The Morgan fingerprint density at radius 1 is 1.00 bits per heavy atom. The molecule has 0 saturated carbocycles. The highest BCUT2D eigenvalue weighted by atomic mass is 35.5. The van der Waals surface area contributed by atoms with Crippen molar-refractivity contribution in [2.45, 2.75) is 13.8 Å². The second-order valence-electron chi connectivity index (χ2n) is 6.09. The average molecular weight is 383 g/mol. The van der Waals surface area contributed by atoms with E-state index in [0.717, 1.165) is 16.8 Å². The van der Waals surface area contributed by atoms with Crippen molar-refractivity contribution in [3.8, 4) is 5.75 Å². The first-order chi connectivity index (χ1) is 12.9. The van der Waals surface area contributed by atoms with Gasteiger partial charge in [-0.15, -0.1) is 0 Å². The number of methoxy groups -OCH3 is 1. The monoisotopic (exact) mass is 382 g/mol. The number of carbonyl (C=O) groups excluding carboxylic acids is 1. The van der Waals surface area contributed by atoms with Crippen LogP contribution in [0.3, 0.4) is 0 Å². The molecule has 0 aliphatic rings. The maximum Gasteiger partial charge on any atom is 0.275 e. The summed E-state index contributed by atoms with van der Waals surface area (Å²) in [6.07, 6.45) is 2.94. The Morgan fingerprint density at radius 2 is 1.74 bits per heavy atom. The molecule has 7 heteroatoms. The Kier molecular flexibility index (Phi) is 5.57. The number of benzene rings is 2.